The molecule has 0 bridgehead atoms. The molecule has 0 radical (unpaired) electrons. The van der Waals surface area contributed by atoms with E-state index in [1.54, 1.807) is 24.5 Å². The van der Waals surface area contributed by atoms with Crippen molar-refractivity contribution in [2.75, 3.05) is 0 Å². The summed E-state index contributed by atoms with van der Waals surface area (Å²) in [6.45, 7) is 3.90. The number of hydrogen-bond donors (Lipinski definition) is 0. The number of hydrogen-bond acceptors (Lipinski definition) is 6. The molecular weight excluding hydrogens is 342 g/mol. The zero-order chi connectivity index (χ0) is 18.8. The first-order valence-corrected chi connectivity index (χ1v) is 8.63. The summed E-state index contributed by atoms with van der Waals surface area (Å²) >= 11 is 0. The van der Waals surface area contributed by atoms with Gasteiger partial charge in [0.05, 0.1) is 0 Å². The molecular formula is C21H17N3O3. The Labute approximate surface area is 155 Å². The van der Waals surface area contributed by atoms with Crippen LogP contribution in [0.2, 0.25) is 0 Å². The largest absolute Gasteiger partial charge is 0.439 e. The Balaban J connectivity index is 1.74. The van der Waals surface area contributed by atoms with E-state index in [0.29, 0.717) is 23.0 Å². The third-order valence-corrected chi connectivity index (χ3v) is 4.20. The number of aromatic nitrogens is 3. The van der Waals surface area contributed by atoms with Crippen LogP contribution >= 0.6 is 0 Å². The molecule has 0 unspecified atom stereocenters. The van der Waals surface area contributed by atoms with Crippen LogP contribution in [0.15, 0.2) is 64.1 Å². The van der Waals surface area contributed by atoms with Gasteiger partial charge >= 0.3 is 5.63 Å². The van der Waals surface area contributed by atoms with Crippen molar-refractivity contribution in [1.29, 1.82) is 0 Å². The van der Waals surface area contributed by atoms with E-state index in [2.05, 4.69) is 15.0 Å². The van der Waals surface area contributed by atoms with Gasteiger partial charge in [-0.2, -0.15) is 4.98 Å². The molecule has 0 spiro atoms. The van der Waals surface area contributed by atoms with Gasteiger partial charge in [-0.15, -0.1) is 0 Å². The minimum Gasteiger partial charge on any atom is -0.439 e. The maximum absolute atomic E-state index is 11.6. The minimum atomic E-state index is -0.382. The van der Waals surface area contributed by atoms with E-state index in [-0.39, 0.29) is 5.63 Å². The van der Waals surface area contributed by atoms with Crippen molar-refractivity contribution in [3.8, 4) is 23.0 Å². The second-order valence-corrected chi connectivity index (χ2v) is 6.12. The molecule has 0 atom stereocenters. The average molecular weight is 359 g/mol. The fourth-order valence-corrected chi connectivity index (χ4v) is 2.83. The summed E-state index contributed by atoms with van der Waals surface area (Å²) in [6, 6.07) is 12.4. The van der Waals surface area contributed by atoms with Crippen LogP contribution in [-0.2, 0) is 6.42 Å². The standard InChI is InChI=1S/C21H17N3O3/c1-3-15-11-19(24-21(23-15)14-6-8-22-9-7-14)26-16-4-5-17-13(2)10-20(25)27-18(17)12-16/h4-12H,3H2,1-2H3. The summed E-state index contributed by atoms with van der Waals surface area (Å²) < 4.78 is 11.2. The first-order valence-electron chi connectivity index (χ1n) is 8.63. The highest BCUT2D eigenvalue weighted by molar-refractivity contribution is 5.81. The van der Waals surface area contributed by atoms with Gasteiger partial charge in [-0.05, 0) is 43.2 Å². The lowest BCUT2D eigenvalue weighted by atomic mass is 10.1. The van der Waals surface area contributed by atoms with E-state index in [1.165, 1.54) is 6.07 Å². The van der Waals surface area contributed by atoms with E-state index in [1.807, 2.05) is 38.1 Å². The molecule has 0 N–H and O–H groups in total. The van der Waals surface area contributed by atoms with Crippen LogP contribution < -0.4 is 10.4 Å². The highest BCUT2D eigenvalue weighted by atomic mass is 16.5. The van der Waals surface area contributed by atoms with E-state index in [0.717, 1.165) is 28.6 Å². The van der Waals surface area contributed by atoms with Crippen molar-refractivity contribution in [3.05, 3.63) is 76.5 Å². The Hall–Kier alpha value is -3.54. The quantitative estimate of drug-likeness (QED) is 0.505. The Bertz CT molecular complexity index is 1170. The molecule has 3 heterocycles. The highest BCUT2D eigenvalue weighted by Crippen LogP contribution is 2.27. The zero-order valence-corrected chi connectivity index (χ0v) is 15.0. The summed E-state index contributed by atoms with van der Waals surface area (Å²) in [7, 11) is 0. The fraction of sp³-hybridized carbons (Fsp3) is 0.143. The Kier molecular flexibility index (Phi) is 4.38. The van der Waals surface area contributed by atoms with Crippen LogP contribution in [0.4, 0.5) is 0 Å². The molecule has 0 aliphatic heterocycles. The first-order chi connectivity index (χ1) is 13.1. The van der Waals surface area contributed by atoms with Crippen LogP contribution in [0.25, 0.3) is 22.4 Å². The van der Waals surface area contributed by atoms with Gasteiger partial charge < -0.3 is 9.15 Å². The van der Waals surface area contributed by atoms with Crippen molar-refractivity contribution >= 4 is 11.0 Å². The summed E-state index contributed by atoms with van der Waals surface area (Å²) in [6.07, 6.45) is 4.15. The van der Waals surface area contributed by atoms with Gasteiger partial charge in [0.25, 0.3) is 0 Å². The van der Waals surface area contributed by atoms with Crippen molar-refractivity contribution < 1.29 is 9.15 Å². The molecule has 0 fully saturated rings. The number of ether oxygens (including phenoxy) is 1. The second kappa shape index (κ2) is 6.99. The van der Waals surface area contributed by atoms with E-state index in [9.17, 15) is 4.79 Å². The van der Waals surface area contributed by atoms with Crippen molar-refractivity contribution in [2.24, 2.45) is 0 Å². The lowest BCUT2D eigenvalue weighted by Gasteiger charge is -2.09. The molecule has 0 saturated carbocycles. The van der Waals surface area contributed by atoms with Crippen molar-refractivity contribution in [1.82, 2.24) is 15.0 Å². The average Bonchev–Trinajstić information content (AvgIpc) is 2.68. The molecule has 3 aromatic heterocycles. The number of aryl methyl sites for hydroxylation is 2. The topological polar surface area (TPSA) is 78.1 Å². The number of benzene rings is 1. The maximum atomic E-state index is 11.6. The second-order valence-electron chi connectivity index (χ2n) is 6.12. The third-order valence-electron chi connectivity index (χ3n) is 4.20. The van der Waals surface area contributed by atoms with Gasteiger partial charge in [-0.1, -0.05) is 6.92 Å². The van der Waals surface area contributed by atoms with E-state index < -0.39 is 0 Å². The Morgan fingerprint density at radius 2 is 1.85 bits per heavy atom. The summed E-state index contributed by atoms with van der Waals surface area (Å²) in [5.74, 6) is 1.55. The number of pyridine rings is 1. The lowest BCUT2D eigenvalue weighted by Crippen LogP contribution is -1.99. The van der Waals surface area contributed by atoms with Gasteiger partial charge in [0.1, 0.15) is 11.3 Å². The van der Waals surface area contributed by atoms with Crippen molar-refractivity contribution in [2.45, 2.75) is 20.3 Å². The molecule has 0 amide bonds. The molecule has 134 valence electrons. The molecule has 0 aliphatic carbocycles. The van der Waals surface area contributed by atoms with Gasteiger partial charge in [0.15, 0.2) is 5.82 Å². The predicted molar refractivity (Wildman–Crippen MR) is 102 cm³/mol. The predicted octanol–water partition coefficient (Wildman–Crippen LogP) is 4.31. The normalized spacial score (nSPS) is 10.9. The monoisotopic (exact) mass is 359 g/mol. The smallest absolute Gasteiger partial charge is 0.336 e. The number of nitrogens with zero attached hydrogens (tertiary/aromatic N) is 3. The fourth-order valence-electron chi connectivity index (χ4n) is 2.83. The number of rotatable bonds is 4. The van der Waals surface area contributed by atoms with Crippen LogP contribution in [0.1, 0.15) is 18.2 Å². The molecule has 27 heavy (non-hydrogen) atoms. The van der Waals surface area contributed by atoms with Gasteiger partial charge in [0.2, 0.25) is 5.88 Å². The summed E-state index contributed by atoms with van der Waals surface area (Å²) in [4.78, 5) is 24.7. The van der Waals surface area contributed by atoms with Gasteiger partial charge in [-0.3, -0.25) is 4.98 Å². The lowest BCUT2D eigenvalue weighted by molar-refractivity contribution is 0.459. The van der Waals surface area contributed by atoms with Gasteiger partial charge in [0, 0.05) is 47.2 Å². The zero-order valence-electron chi connectivity index (χ0n) is 15.0. The van der Waals surface area contributed by atoms with Crippen LogP contribution in [0.3, 0.4) is 0 Å². The molecule has 4 aromatic rings. The molecule has 6 nitrogen and oxygen atoms in total. The van der Waals surface area contributed by atoms with Crippen molar-refractivity contribution in [3.63, 3.8) is 0 Å². The molecule has 0 aliphatic rings. The summed E-state index contributed by atoms with van der Waals surface area (Å²) in [5.41, 5.74) is 2.70. The highest BCUT2D eigenvalue weighted by Gasteiger charge is 2.10. The minimum absolute atomic E-state index is 0.382. The molecule has 6 heteroatoms. The SMILES string of the molecule is CCc1cc(Oc2ccc3c(C)cc(=O)oc3c2)nc(-c2ccncc2)n1. The Morgan fingerprint density at radius 3 is 2.63 bits per heavy atom. The van der Waals surface area contributed by atoms with Crippen LogP contribution in [0, 0.1) is 6.92 Å². The van der Waals surface area contributed by atoms with Gasteiger partial charge in [-0.25, -0.2) is 9.78 Å². The number of fused-ring (bicyclic) bond motifs is 1. The summed E-state index contributed by atoms with van der Waals surface area (Å²) in [5, 5.41) is 0.872. The third kappa shape index (κ3) is 3.55. The molecule has 4 rings (SSSR count). The Morgan fingerprint density at radius 1 is 1.04 bits per heavy atom. The van der Waals surface area contributed by atoms with E-state index in [4.69, 9.17) is 9.15 Å². The van der Waals surface area contributed by atoms with E-state index >= 15 is 0 Å². The first kappa shape index (κ1) is 16.9. The molecule has 0 saturated heterocycles. The maximum Gasteiger partial charge on any atom is 0.336 e. The van der Waals surface area contributed by atoms with Crippen LogP contribution in [0.5, 0.6) is 11.6 Å². The van der Waals surface area contributed by atoms with Crippen LogP contribution in [-0.4, -0.2) is 15.0 Å². The molecule has 1 aromatic carbocycles.